The summed E-state index contributed by atoms with van der Waals surface area (Å²) >= 11 is 1.70. The third kappa shape index (κ3) is 4.88. The SMILES string of the molecule is CC(C)CNC(=O)C(C)NC1=NC(C)C(C)CS1. The van der Waals surface area contributed by atoms with Gasteiger partial charge in [0.1, 0.15) is 6.04 Å². The van der Waals surface area contributed by atoms with Crippen LogP contribution in [0.2, 0.25) is 0 Å². The molecule has 0 aliphatic carbocycles. The fourth-order valence-corrected chi connectivity index (χ4v) is 2.69. The first-order valence-corrected chi connectivity index (χ1v) is 7.63. The summed E-state index contributed by atoms with van der Waals surface area (Å²) in [6, 6.07) is 0.107. The van der Waals surface area contributed by atoms with Gasteiger partial charge in [0.25, 0.3) is 0 Å². The Kier molecular flexibility index (Phi) is 5.99. The van der Waals surface area contributed by atoms with Gasteiger partial charge in [0, 0.05) is 12.3 Å². The lowest BCUT2D eigenvalue weighted by atomic mass is 10.1. The highest BCUT2D eigenvalue weighted by molar-refractivity contribution is 8.13. The first-order valence-electron chi connectivity index (χ1n) is 6.65. The molecular formula is C13H25N3OS. The molecule has 1 heterocycles. The van der Waals surface area contributed by atoms with E-state index in [2.05, 4.69) is 43.3 Å². The minimum atomic E-state index is -0.226. The van der Waals surface area contributed by atoms with Gasteiger partial charge in [0.05, 0.1) is 6.04 Å². The molecule has 3 unspecified atom stereocenters. The summed E-state index contributed by atoms with van der Waals surface area (Å²) in [6.45, 7) is 11.1. The summed E-state index contributed by atoms with van der Waals surface area (Å²) in [6.07, 6.45) is 0. The summed E-state index contributed by atoms with van der Waals surface area (Å²) in [7, 11) is 0. The van der Waals surface area contributed by atoms with Crippen molar-refractivity contribution in [1.29, 1.82) is 0 Å². The number of hydrogen-bond acceptors (Lipinski definition) is 4. The molecule has 3 atom stereocenters. The molecule has 104 valence electrons. The van der Waals surface area contributed by atoms with Crippen molar-refractivity contribution >= 4 is 22.8 Å². The number of rotatable bonds is 4. The molecule has 1 amide bonds. The zero-order valence-electron chi connectivity index (χ0n) is 12.0. The second-order valence-electron chi connectivity index (χ2n) is 5.47. The Hall–Kier alpha value is -0.710. The number of nitrogens with one attached hydrogen (secondary N) is 2. The van der Waals surface area contributed by atoms with E-state index >= 15 is 0 Å². The summed E-state index contributed by atoms with van der Waals surface area (Å²) in [5.41, 5.74) is 0. The van der Waals surface area contributed by atoms with Crippen LogP contribution in [0.25, 0.3) is 0 Å². The third-order valence-electron chi connectivity index (χ3n) is 3.05. The Morgan fingerprint density at radius 3 is 2.67 bits per heavy atom. The Labute approximate surface area is 114 Å². The zero-order chi connectivity index (χ0) is 13.7. The van der Waals surface area contributed by atoms with E-state index in [1.54, 1.807) is 11.8 Å². The quantitative estimate of drug-likeness (QED) is 0.820. The van der Waals surface area contributed by atoms with Gasteiger partial charge >= 0.3 is 0 Å². The largest absolute Gasteiger partial charge is 0.354 e. The molecule has 0 aromatic rings. The van der Waals surface area contributed by atoms with Crippen molar-refractivity contribution in [2.24, 2.45) is 16.8 Å². The molecular weight excluding hydrogens is 246 g/mol. The molecule has 0 fully saturated rings. The van der Waals surface area contributed by atoms with E-state index in [4.69, 9.17) is 0 Å². The molecule has 1 aliphatic heterocycles. The van der Waals surface area contributed by atoms with Crippen molar-refractivity contribution < 1.29 is 4.79 Å². The highest BCUT2D eigenvalue weighted by Gasteiger charge is 2.21. The second-order valence-corrected chi connectivity index (χ2v) is 6.48. The Morgan fingerprint density at radius 2 is 2.11 bits per heavy atom. The van der Waals surface area contributed by atoms with Crippen LogP contribution in [0.15, 0.2) is 4.99 Å². The molecule has 5 heteroatoms. The van der Waals surface area contributed by atoms with Gasteiger partial charge in [-0.2, -0.15) is 0 Å². The topological polar surface area (TPSA) is 53.5 Å². The number of amides is 1. The molecule has 1 rings (SSSR count). The van der Waals surface area contributed by atoms with Gasteiger partial charge in [0.2, 0.25) is 5.91 Å². The molecule has 0 spiro atoms. The standard InChI is InChI=1S/C13H25N3OS/c1-8(2)6-14-12(17)11(5)16-13-15-10(4)9(3)7-18-13/h8-11H,6-7H2,1-5H3,(H,14,17)(H,15,16). The molecule has 1 aliphatic rings. The third-order valence-corrected chi connectivity index (χ3v) is 4.23. The van der Waals surface area contributed by atoms with E-state index in [-0.39, 0.29) is 11.9 Å². The van der Waals surface area contributed by atoms with Gasteiger partial charge in [-0.3, -0.25) is 9.79 Å². The van der Waals surface area contributed by atoms with Crippen LogP contribution in [0.5, 0.6) is 0 Å². The van der Waals surface area contributed by atoms with Gasteiger partial charge < -0.3 is 10.6 Å². The van der Waals surface area contributed by atoms with E-state index in [0.717, 1.165) is 17.5 Å². The molecule has 0 radical (unpaired) electrons. The van der Waals surface area contributed by atoms with Crippen LogP contribution in [0, 0.1) is 11.8 Å². The Morgan fingerprint density at radius 1 is 1.44 bits per heavy atom. The van der Waals surface area contributed by atoms with Crippen LogP contribution >= 0.6 is 11.8 Å². The summed E-state index contributed by atoms with van der Waals surface area (Å²) in [5.74, 6) is 2.18. The molecule has 0 aromatic carbocycles. The van der Waals surface area contributed by atoms with E-state index < -0.39 is 0 Å². The van der Waals surface area contributed by atoms with Crippen molar-refractivity contribution in [3.63, 3.8) is 0 Å². The summed E-state index contributed by atoms with van der Waals surface area (Å²) in [5, 5.41) is 7.02. The number of nitrogens with zero attached hydrogens (tertiary/aromatic N) is 1. The second kappa shape index (κ2) is 7.02. The summed E-state index contributed by atoms with van der Waals surface area (Å²) in [4.78, 5) is 16.4. The first-order chi connectivity index (χ1) is 8.40. The molecule has 4 nitrogen and oxygen atoms in total. The lowest BCUT2D eigenvalue weighted by molar-refractivity contribution is -0.122. The predicted molar refractivity (Wildman–Crippen MR) is 79.0 cm³/mol. The van der Waals surface area contributed by atoms with Crippen molar-refractivity contribution in [2.75, 3.05) is 12.3 Å². The van der Waals surface area contributed by atoms with Crippen LogP contribution in [-0.4, -0.2) is 35.5 Å². The van der Waals surface area contributed by atoms with Crippen LogP contribution in [0.4, 0.5) is 0 Å². The first kappa shape index (κ1) is 15.3. The minimum absolute atomic E-state index is 0.0401. The van der Waals surface area contributed by atoms with Crippen molar-refractivity contribution in [3.05, 3.63) is 0 Å². The van der Waals surface area contributed by atoms with E-state index in [1.807, 2.05) is 6.92 Å². The van der Waals surface area contributed by atoms with Crippen molar-refractivity contribution in [1.82, 2.24) is 10.6 Å². The Balaban J connectivity index is 2.42. The maximum absolute atomic E-state index is 11.8. The number of amidine groups is 1. The van der Waals surface area contributed by atoms with Gasteiger partial charge in [-0.15, -0.1) is 0 Å². The maximum Gasteiger partial charge on any atom is 0.242 e. The predicted octanol–water partition coefficient (Wildman–Crippen LogP) is 1.86. The van der Waals surface area contributed by atoms with Crippen LogP contribution in [-0.2, 0) is 4.79 Å². The van der Waals surface area contributed by atoms with Gasteiger partial charge in [0.15, 0.2) is 5.17 Å². The molecule has 2 N–H and O–H groups in total. The highest BCUT2D eigenvalue weighted by Crippen LogP contribution is 2.21. The Bertz CT molecular complexity index is 317. The van der Waals surface area contributed by atoms with Crippen LogP contribution in [0.3, 0.4) is 0 Å². The van der Waals surface area contributed by atoms with Gasteiger partial charge in [-0.1, -0.05) is 32.5 Å². The van der Waals surface area contributed by atoms with Crippen molar-refractivity contribution in [2.45, 2.75) is 46.7 Å². The fraction of sp³-hybridized carbons (Fsp3) is 0.846. The number of carbonyl (C=O) groups excluding carboxylic acids is 1. The fourth-order valence-electron chi connectivity index (χ4n) is 1.49. The molecule has 0 aromatic heterocycles. The number of aliphatic imine (C=N–C) groups is 1. The van der Waals surface area contributed by atoms with Crippen LogP contribution in [0.1, 0.15) is 34.6 Å². The van der Waals surface area contributed by atoms with E-state index in [0.29, 0.717) is 17.9 Å². The molecule has 0 saturated heterocycles. The lowest BCUT2D eigenvalue weighted by Gasteiger charge is -2.25. The number of carbonyl (C=O) groups is 1. The average Bonchev–Trinajstić information content (AvgIpc) is 2.30. The smallest absolute Gasteiger partial charge is 0.242 e. The lowest BCUT2D eigenvalue weighted by Crippen LogP contribution is -2.46. The average molecular weight is 271 g/mol. The van der Waals surface area contributed by atoms with E-state index in [1.165, 1.54) is 0 Å². The maximum atomic E-state index is 11.8. The molecule has 0 bridgehead atoms. The molecule has 0 saturated carbocycles. The van der Waals surface area contributed by atoms with Crippen LogP contribution < -0.4 is 10.6 Å². The number of thioether (sulfide) groups is 1. The van der Waals surface area contributed by atoms with E-state index in [9.17, 15) is 4.79 Å². The van der Waals surface area contributed by atoms with Gasteiger partial charge in [-0.05, 0) is 25.7 Å². The zero-order valence-corrected chi connectivity index (χ0v) is 12.8. The minimum Gasteiger partial charge on any atom is -0.354 e. The summed E-state index contributed by atoms with van der Waals surface area (Å²) < 4.78 is 0. The van der Waals surface area contributed by atoms with Gasteiger partial charge in [-0.25, -0.2) is 0 Å². The monoisotopic (exact) mass is 271 g/mol. The highest BCUT2D eigenvalue weighted by atomic mass is 32.2. The molecule has 18 heavy (non-hydrogen) atoms. The normalized spacial score (nSPS) is 25.6. The van der Waals surface area contributed by atoms with Crippen molar-refractivity contribution in [3.8, 4) is 0 Å². The number of hydrogen-bond donors (Lipinski definition) is 2.